The molecule has 0 bridgehead atoms. The zero-order chi connectivity index (χ0) is 10.9. The Bertz CT molecular complexity index is 247. The third-order valence-corrected chi connectivity index (χ3v) is 4.11. The van der Waals surface area contributed by atoms with Crippen molar-refractivity contribution in [3.05, 3.63) is 0 Å². The Labute approximate surface area is 93.0 Å². The quantitative estimate of drug-likeness (QED) is 0.661. The molecule has 0 aromatic heterocycles. The zero-order valence-electron chi connectivity index (χ0n) is 10.1. The fourth-order valence-corrected chi connectivity index (χ4v) is 2.92. The minimum absolute atomic E-state index is 0.475. The van der Waals surface area contributed by atoms with E-state index in [1.54, 1.807) is 0 Å². The second-order valence-electron chi connectivity index (χ2n) is 5.99. The first-order valence-electron chi connectivity index (χ1n) is 6.33. The molecule has 1 saturated carbocycles. The first-order valence-corrected chi connectivity index (χ1v) is 6.33. The van der Waals surface area contributed by atoms with Gasteiger partial charge in [-0.25, -0.2) is 0 Å². The van der Waals surface area contributed by atoms with Crippen molar-refractivity contribution in [1.82, 2.24) is 4.90 Å². The van der Waals surface area contributed by atoms with Crippen molar-refractivity contribution in [1.29, 1.82) is 0 Å². The molecule has 1 unspecified atom stereocenters. The van der Waals surface area contributed by atoms with Crippen molar-refractivity contribution in [2.45, 2.75) is 58.4 Å². The average molecular weight is 209 g/mol. The van der Waals surface area contributed by atoms with Gasteiger partial charge in [-0.1, -0.05) is 13.8 Å². The van der Waals surface area contributed by atoms with Gasteiger partial charge in [0.05, 0.1) is 0 Å². The van der Waals surface area contributed by atoms with E-state index in [0.29, 0.717) is 17.2 Å². The van der Waals surface area contributed by atoms with Gasteiger partial charge in [-0.15, -0.1) is 0 Å². The molecule has 2 fully saturated rings. The zero-order valence-corrected chi connectivity index (χ0v) is 10.1. The largest absolute Gasteiger partial charge is 0.300 e. The Morgan fingerprint density at radius 1 is 1.27 bits per heavy atom. The van der Waals surface area contributed by atoms with E-state index < -0.39 is 0 Å². The van der Waals surface area contributed by atoms with Crippen LogP contribution in [0.25, 0.3) is 0 Å². The first-order chi connectivity index (χ1) is 7.07. The summed E-state index contributed by atoms with van der Waals surface area (Å²) in [4.78, 5) is 13.9. The van der Waals surface area contributed by atoms with Crippen molar-refractivity contribution in [2.24, 2.45) is 5.41 Å². The van der Waals surface area contributed by atoms with Gasteiger partial charge < -0.3 is 0 Å². The molecule has 2 nitrogen and oxygen atoms in total. The lowest BCUT2D eigenvalue weighted by molar-refractivity contribution is -0.117. The standard InChI is InChI=1S/C13H23NO/c1-13(2)6-3-8-14(9-7-13)11-4-5-12(15)10-11/h11H,3-10H2,1-2H3. The van der Waals surface area contributed by atoms with Gasteiger partial charge >= 0.3 is 0 Å². The molecule has 0 radical (unpaired) electrons. The number of likely N-dealkylation sites (tertiary alicyclic amines) is 1. The molecule has 2 rings (SSSR count). The normalized spacial score (nSPS) is 32.9. The predicted octanol–water partition coefficient (Wildman–Crippen LogP) is 2.62. The third kappa shape index (κ3) is 2.81. The van der Waals surface area contributed by atoms with E-state index in [-0.39, 0.29) is 0 Å². The summed E-state index contributed by atoms with van der Waals surface area (Å²) in [5, 5.41) is 0. The fourth-order valence-electron chi connectivity index (χ4n) is 2.92. The highest BCUT2D eigenvalue weighted by Gasteiger charge is 2.30. The molecule has 0 N–H and O–H groups in total. The summed E-state index contributed by atoms with van der Waals surface area (Å²) in [6, 6.07) is 0.575. The molecule has 1 aliphatic carbocycles. The number of carbonyl (C=O) groups excluding carboxylic acids is 1. The monoisotopic (exact) mass is 209 g/mol. The number of hydrogen-bond acceptors (Lipinski definition) is 2. The number of ketones is 1. The molecule has 0 aromatic carbocycles. The van der Waals surface area contributed by atoms with Crippen molar-refractivity contribution >= 4 is 5.78 Å². The highest BCUT2D eigenvalue weighted by Crippen LogP contribution is 2.32. The van der Waals surface area contributed by atoms with E-state index in [2.05, 4.69) is 18.7 Å². The summed E-state index contributed by atoms with van der Waals surface area (Å²) >= 11 is 0. The van der Waals surface area contributed by atoms with Crippen molar-refractivity contribution < 1.29 is 4.79 Å². The molecule has 0 spiro atoms. The highest BCUT2D eigenvalue weighted by atomic mass is 16.1. The minimum Gasteiger partial charge on any atom is -0.300 e. The molecule has 2 heteroatoms. The topological polar surface area (TPSA) is 20.3 Å². The van der Waals surface area contributed by atoms with Gasteiger partial charge in [-0.2, -0.15) is 0 Å². The number of carbonyl (C=O) groups is 1. The smallest absolute Gasteiger partial charge is 0.134 e. The van der Waals surface area contributed by atoms with Crippen LogP contribution >= 0.6 is 0 Å². The Hall–Kier alpha value is -0.370. The predicted molar refractivity (Wildman–Crippen MR) is 61.9 cm³/mol. The van der Waals surface area contributed by atoms with Crippen LogP contribution in [0, 0.1) is 5.41 Å². The van der Waals surface area contributed by atoms with Crippen LogP contribution in [0.3, 0.4) is 0 Å². The molecule has 1 heterocycles. The lowest BCUT2D eigenvalue weighted by Crippen LogP contribution is -2.34. The number of rotatable bonds is 1. The first kappa shape index (κ1) is 11.1. The number of hydrogen-bond donors (Lipinski definition) is 0. The maximum absolute atomic E-state index is 11.3. The van der Waals surface area contributed by atoms with Crippen LogP contribution in [0.4, 0.5) is 0 Å². The molecule has 1 aliphatic heterocycles. The van der Waals surface area contributed by atoms with E-state index >= 15 is 0 Å². The van der Waals surface area contributed by atoms with Gasteiger partial charge in [-0.05, 0) is 44.2 Å². The van der Waals surface area contributed by atoms with Crippen LogP contribution < -0.4 is 0 Å². The van der Waals surface area contributed by atoms with Crippen LogP contribution in [0.1, 0.15) is 52.4 Å². The second kappa shape index (κ2) is 4.25. The van der Waals surface area contributed by atoms with E-state index in [9.17, 15) is 4.79 Å². The van der Waals surface area contributed by atoms with E-state index in [1.165, 1.54) is 32.4 Å². The summed E-state index contributed by atoms with van der Waals surface area (Å²) in [7, 11) is 0. The molecule has 0 amide bonds. The summed E-state index contributed by atoms with van der Waals surface area (Å²) in [5.41, 5.74) is 0.511. The van der Waals surface area contributed by atoms with Crippen LogP contribution in [-0.2, 0) is 4.79 Å². The SMILES string of the molecule is CC1(C)CCCN(C2CCC(=O)C2)CC1. The van der Waals surface area contributed by atoms with Gasteiger partial charge in [0.15, 0.2) is 0 Å². The van der Waals surface area contributed by atoms with Gasteiger partial charge in [0, 0.05) is 18.9 Å². The molecule has 1 atom stereocenters. The third-order valence-electron chi connectivity index (χ3n) is 4.11. The molecular formula is C13H23NO. The molecule has 86 valence electrons. The lowest BCUT2D eigenvalue weighted by Gasteiger charge is -2.27. The molecule has 0 aromatic rings. The summed E-state index contributed by atoms with van der Waals surface area (Å²) < 4.78 is 0. The maximum Gasteiger partial charge on any atom is 0.134 e. The van der Waals surface area contributed by atoms with E-state index in [1.807, 2.05) is 0 Å². The Kier molecular flexibility index (Phi) is 3.15. The summed E-state index contributed by atoms with van der Waals surface area (Å²) in [6.45, 7) is 7.15. The van der Waals surface area contributed by atoms with Crippen molar-refractivity contribution in [3.63, 3.8) is 0 Å². The van der Waals surface area contributed by atoms with Crippen molar-refractivity contribution in [2.75, 3.05) is 13.1 Å². The molecular weight excluding hydrogens is 186 g/mol. The Balaban J connectivity index is 1.91. The second-order valence-corrected chi connectivity index (χ2v) is 5.99. The van der Waals surface area contributed by atoms with E-state index in [4.69, 9.17) is 0 Å². The van der Waals surface area contributed by atoms with Gasteiger partial charge in [0.25, 0.3) is 0 Å². The van der Waals surface area contributed by atoms with Crippen LogP contribution in [0.5, 0.6) is 0 Å². The maximum atomic E-state index is 11.3. The minimum atomic E-state index is 0.475. The Morgan fingerprint density at radius 3 is 2.73 bits per heavy atom. The van der Waals surface area contributed by atoms with Crippen molar-refractivity contribution in [3.8, 4) is 0 Å². The van der Waals surface area contributed by atoms with Crippen LogP contribution in [0.15, 0.2) is 0 Å². The highest BCUT2D eigenvalue weighted by molar-refractivity contribution is 5.81. The fraction of sp³-hybridized carbons (Fsp3) is 0.923. The van der Waals surface area contributed by atoms with Gasteiger partial charge in [0.2, 0.25) is 0 Å². The van der Waals surface area contributed by atoms with E-state index in [0.717, 1.165) is 19.3 Å². The lowest BCUT2D eigenvalue weighted by atomic mass is 9.85. The average Bonchev–Trinajstić information content (AvgIpc) is 2.49. The molecule has 15 heavy (non-hydrogen) atoms. The van der Waals surface area contributed by atoms with Crippen LogP contribution in [0.2, 0.25) is 0 Å². The summed E-state index contributed by atoms with van der Waals surface area (Å²) in [5.74, 6) is 0.475. The number of Topliss-reactive ketones (excluding diaryl/α,β-unsaturated/α-hetero) is 1. The van der Waals surface area contributed by atoms with Crippen LogP contribution in [-0.4, -0.2) is 29.8 Å². The molecule has 1 saturated heterocycles. The number of nitrogens with zero attached hydrogens (tertiary/aromatic N) is 1. The van der Waals surface area contributed by atoms with Gasteiger partial charge in [-0.3, -0.25) is 9.69 Å². The van der Waals surface area contributed by atoms with Gasteiger partial charge in [0.1, 0.15) is 5.78 Å². The summed E-state index contributed by atoms with van der Waals surface area (Å²) in [6.07, 6.45) is 6.68. The molecule has 2 aliphatic rings. The Morgan fingerprint density at radius 2 is 2.07 bits per heavy atom.